The van der Waals surface area contributed by atoms with Gasteiger partial charge in [-0.2, -0.15) is 0 Å². The maximum absolute atomic E-state index is 11.0. The average molecular weight is 223 g/mol. The molecule has 0 aromatic carbocycles. The molecule has 0 rings (SSSR count). The van der Waals surface area contributed by atoms with Crippen LogP contribution >= 0.6 is 0 Å². The molecule has 0 aromatic heterocycles. The van der Waals surface area contributed by atoms with E-state index in [0.29, 0.717) is 0 Å². The highest BCUT2D eigenvalue weighted by Gasteiger charge is 2.15. The summed E-state index contributed by atoms with van der Waals surface area (Å²) in [5.74, 6) is 0.201. The molecule has 0 spiro atoms. The van der Waals surface area contributed by atoms with E-state index in [0.717, 1.165) is 0 Å². The summed E-state index contributed by atoms with van der Waals surface area (Å²) in [7, 11) is -3.11. The Hall–Kier alpha value is -0.910. The molecule has 5 nitrogen and oxygen atoms in total. The molecule has 84 valence electrons. The zero-order valence-corrected chi connectivity index (χ0v) is 9.94. The van der Waals surface area contributed by atoms with Gasteiger partial charge in [-0.15, -0.1) is 12.6 Å². The predicted octanol–water partition coefficient (Wildman–Crippen LogP) is 0.553. The number of hydrogen-bond acceptors (Lipinski definition) is 4. The molecule has 0 aliphatic carbocycles. The van der Waals surface area contributed by atoms with Gasteiger partial charge in [0.2, 0.25) is 5.91 Å². The van der Waals surface area contributed by atoms with Gasteiger partial charge < -0.3 is 5.32 Å². The second kappa shape index (κ2) is 6.53. The third-order valence-corrected chi connectivity index (χ3v) is 1.02. The van der Waals surface area contributed by atoms with Crippen molar-refractivity contribution < 1.29 is 17.4 Å². The molecule has 0 bridgehead atoms. The lowest BCUT2D eigenvalue weighted by Gasteiger charge is -2.21. The van der Waals surface area contributed by atoms with E-state index in [-0.39, 0.29) is 17.4 Å². The van der Waals surface area contributed by atoms with E-state index < -0.39 is 10.6 Å². The largest absolute Gasteiger partial charge is 0.425 e. The Labute approximate surface area is 86.0 Å². The minimum Gasteiger partial charge on any atom is -0.351 e. The molecule has 0 saturated heterocycles. The zero-order valence-electron chi connectivity index (χ0n) is 9.12. The molecule has 0 radical (unpaired) electrons. The van der Waals surface area contributed by atoms with Crippen LogP contribution in [0.5, 0.6) is 0 Å². The maximum atomic E-state index is 11.0. The van der Waals surface area contributed by atoms with Gasteiger partial charge in [-0.25, -0.2) is 0 Å². The molecule has 0 aromatic rings. The first-order valence-corrected chi connectivity index (χ1v) is 5.15. The van der Waals surface area contributed by atoms with Crippen LogP contribution in [0.4, 0.5) is 0 Å². The van der Waals surface area contributed by atoms with E-state index in [9.17, 15) is 4.79 Å². The molecule has 0 aliphatic rings. The van der Waals surface area contributed by atoms with Crippen molar-refractivity contribution in [3.05, 3.63) is 0 Å². The van der Waals surface area contributed by atoms with Crippen molar-refractivity contribution >= 4 is 16.5 Å². The van der Waals surface area contributed by atoms with Crippen LogP contribution in [0.15, 0.2) is 0 Å². The normalized spacial score (nSPS) is 10.1. The zero-order chi connectivity index (χ0) is 11.9. The summed E-state index contributed by atoms with van der Waals surface area (Å²) in [5.41, 5.74) is -0.0959. The number of hydrogen-bond donors (Lipinski definition) is 1. The fourth-order valence-corrected chi connectivity index (χ4v) is 0.514. The van der Waals surface area contributed by atoms with Gasteiger partial charge in [-0.3, -0.25) is 4.79 Å². The first-order valence-electron chi connectivity index (χ1n) is 4.15. The van der Waals surface area contributed by atoms with Crippen LogP contribution < -0.4 is 5.32 Å². The van der Waals surface area contributed by atoms with Crippen LogP contribution in [0.3, 0.4) is 0 Å². The summed E-state index contributed by atoms with van der Waals surface area (Å²) in [6.45, 7) is 9.72. The van der Waals surface area contributed by atoms with E-state index in [4.69, 9.17) is 12.6 Å². The Kier molecular flexibility index (Phi) is 7.26. The van der Waals surface area contributed by atoms with Gasteiger partial charge in [0.1, 0.15) is 0 Å². The fraction of sp³-hybridized carbons (Fsp3) is 0.875. The number of rotatable bonds is 1. The third-order valence-electron chi connectivity index (χ3n) is 1.02. The van der Waals surface area contributed by atoms with Gasteiger partial charge in [0.25, 0.3) is 0 Å². The highest BCUT2D eigenvalue weighted by molar-refractivity contribution is 7.59. The Morgan fingerprint density at radius 2 is 1.43 bits per heavy atom. The minimum absolute atomic E-state index is 0.0826. The third kappa shape index (κ3) is 17.3. The van der Waals surface area contributed by atoms with Crippen LogP contribution in [0.1, 0.15) is 34.6 Å². The van der Waals surface area contributed by atoms with E-state index in [1.165, 1.54) is 0 Å². The molecular weight excluding hydrogens is 206 g/mol. The predicted molar refractivity (Wildman–Crippen MR) is 52.4 cm³/mol. The molecule has 0 saturated carbocycles. The highest BCUT2D eigenvalue weighted by atomic mass is 32.2. The number of nitrogens with one attached hydrogen (secondary N) is 1. The minimum atomic E-state index is -3.11. The van der Waals surface area contributed by atoms with Gasteiger partial charge in [-0.05, 0) is 20.8 Å². The summed E-state index contributed by atoms with van der Waals surface area (Å²) >= 11 is 0. The van der Waals surface area contributed by atoms with Gasteiger partial charge in [0.05, 0.1) is 0 Å². The SMILES string of the molecule is CC(C)C(=O)NC(C)(C)C.O=S(=O)=O. The standard InChI is InChI=1S/C8H17NO.O3S/c1-6(2)7(10)9-8(3,4)5;1-4(2)3/h6H,1-5H3,(H,9,10);. The van der Waals surface area contributed by atoms with E-state index >= 15 is 0 Å². The van der Waals surface area contributed by atoms with Crippen LogP contribution in [0.2, 0.25) is 0 Å². The van der Waals surface area contributed by atoms with Crippen molar-refractivity contribution in [1.29, 1.82) is 0 Å². The van der Waals surface area contributed by atoms with Crippen LogP contribution in [0, 0.1) is 5.92 Å². The lowest BCUT2D eigenvalue weighted by molar-refractivity contribution is -0.125. The molecule has 0 aliphatic heterocycles. The summed E-state index contributed by atoms with van der Waals surface area (Å²) in [4.78, 5) is 11.0. The Morgan fingerprint density at radius 3 is 1.50 bits per heavy atom. The van der Waals surface area contributed by atoms with Crippen LogP contribution in [-0.4, -0.2) is 24.1 Å². The topological polar surface area (TPSA) is 80.3 Å². The van der Waals surface area contributed by atoms with Crippen molar-refractivity contribution in [3.8, 4) is 0 Å². The first kappa shape index (κ1) is 15.6. The fourth-order valence-electron chi connectivity index (χ4n) is 0.514. The smallest absolute Gasteiger partial charge is 0.351 e. The number of carbonyl (C=O) groups is 1. The Morgan fingerprint density at radius 1 is 1.14 bits per heavy atom. The molecular formula is C8H17NO4S. The molecule has 0 atom stereocenters. The molecule has 0 heterocycles. The Balaban J connectivity index is 0. The van der Waals surface area contributed by atoms with Crippen molar-refractivity contribution in [2.75, 3.05) is 0 Å². The summed E-state index contributed by atoms with van der Waals surface area (Å²) in [5, 5.41) is 2.88. The average Bonchev–Trinajstić information content (AvgIpc) is 1.81. The molecule has 14 heavy (non-hydrogen) atoms. The molecule has 1 amide bonds. The Bertz CT molecular complexity index is 265. The van der Waals surface area contributed by atoms with Crippen LogP contribution in [-0.2, 0) is 15.4 Å². The highest BCUT2D eigenvalue weighted by Crippen LogP contribution is 2.01. The second-order valence-corrected chi connectivity index (χ2v) is 4.51. The monoisotopic (exact) mass is 223 g/mol. The molecule has 6 heteroatoms. The van der Waals surface area contributed by atoms with Crippen molar-refractivity contribution in [2.45, 2.75) is 40.2 Å². The van der Waals surface area contributed by atoms with Gasteiger partial charge in [0.15, 0.2) is 0 Å². The maximum Gasteiger partial charge on any atom is 0.425 e. The van der Waals surface area contributed by atoms with E-state index in [2.05, 4.69) is 5.32 Å². The molecule has 0 fully saturated rings. The lowest BCUT2D eigenvalue weighted by Crippen LogP contribution is -2.42. The summed E-state index contributed by atoms with van der Waals surface area (Å²) in [6.07, 6.45) is 0. The quantitative estimate of drug-likeness (QED) is 0.704. The van der Waals surface area contributed by atoms with Crippen molar-refractivity contribution in [1.82, 2.24) is 5.32 Å². The van der Waals surface area contributed by atoms with Gasteiger partial charge in [-0.1, -0.05) is 13.8 Å². The number of amides is 1. The van der Waals surface area contributed by atoms with Crippen molar-refractivity contribution in [2.24, 2.45) is 5.92 Å². The van der Waals surface area contributed by atoms with Gasteiger partial charge >= 0.3 is 10.6 Å². The van der Waals surface area contributed by atoms with E-state index in [1.54, 1.807) is 0 Å². The number of carbonyl (C=O) groups excluding carboxylic acids is 1. The molecule has 0 unspecified atom stereocenters. The lowest BCUT2D eigenvalue weighted by atomic mass is 10.1. The van der Waals surface area contributed by atoms with E-state index in [1.807, 2.05) is 34.6 Å². The van der Waals surface area contributed by atoms with Crippen molar-refractivity contribution in [3.63, 3.8) is 0 Å². The summed E-state index contributed by atoms with van der Waals surface area (Å²) in [6, 6.07) is 0. The first-order chi connectivity index (χ1) is 6.06. The second-order valence-electron chi connectivity index (χ2n) is 4.10. The summed E-state index contributed by atoms with van der Waals surface area (Å²) < 4.78 is 25.3. The van der Waals surface area contributed by atoms with Gasteiger partial charge in [0, 0.05) is 11.5 Å². The molecule has 1 N–H and O–H groups in total. The van der Waals surface area contributed by atoms with Crippen LogP contribution in [0.25, 0.3) is 0 Å².